The van der Waals surface area contributed by atoms with Crippen molar-refractivity contribution in [3.8, 4) is 11.5 Å². The minimum absolute atomic E-state index is 0.279. The highest BCUT2D eigenvalue weighted by Crippen LogP contribution is 2.44. The lowest BCUT2D eigenvalue weighted by molar-refractivity contribution is 0.177. The number of nitrogens with one attached hydrogen (secondary N) is 1. The van der Waals surface area contributed by atoms with E-state index in [-0.39, 0.29) is 6.04 Å². The molecule has 3 atom stereocenters. The fourth-order valence-electron chi connectivity index (χ4n) is 4.08. The van der Waals surface area contributed by atoms with Gasteiger partial charge >= 0.3 is 0 Å². The molecule has 1 aliphatic rings. The largest absolute Gasteiger partial charge is 0.496 e. The zero-order valence-electron chi connectivity index (χ0n) is 14.0. The molecule has 1 fully saturated rings. The van der Waals surface area contributed by atoms with E-state index in [0.717, 1.165) is 28.9 Å². The molecule has 3 unspecified atom stereocenters. The molecule has 2 rings (SSSR count). The molecule has 1 aromatic carbocycles. The molecule has 0 spiro atoms. The maximum atomic E-state index is 5.60. The van der Waals surface area contributed by atoms with Gasteiger partial charge in [-0.25, -0.2) is 0 Å². The van der Waals surface area contributed by atoms with E-state index < -0.39 is 0 Å². The first kappa shape index (κ1) is 16.2. The third-order valence-electron chi connectivity index (χ3n) is 4.77. The quantitative estimate of drug-likeness (QED) is 0.888. The highest BCUT2D eigenvalue weighted by molar-refractivity contribution is 5.47. The van der Waals surface area contributed by atoms with Gasteiger partial charge in [-0.3, -0.25) is 0 Å². The van der Waals surface area contributed by atoms with Crippen LogP contribution in [0.15, 0.2) is 18.2 Å². The third-order valence-corrected chi connectivity index (χ3v) is 4.77. The molecule has 0 aromatic heterocycles. The second-order valence-electron chi connectivity index (χ2n) is 6.52. The van der Waals surface area contributed by atoms with Crippen molar-refractivity contribution in [2.45, 2.75) is 39.2 Å². The normalized spacial score (nSPS) is 27.2. The van der Waals surface area contributed by atoms with E-state index in [1.165, 1.54) is 19.3 Å². The predicted molar refractivity (Wildman–Crippen MR) is 87.0 cm³/mol. The second kappa shape index (κ2) is 7.17. The standard InChI is InChI=1S/C18H29NO2/c1-12-9-13(2)11-14(10-12)18(19-3)17-15(20-4)7-6-8-16(17)21-5/h6-8,12-14,18-19H,9-11H2,1-5H3. The molecule has 1 aliphatic carbocycles. The molecule has 0 radical (unpaired) electrons. The molecular formula is C18H29NO2. The minimum atomic E-state index is 0.279. The Balaban J connectivity index is 2.36. The Morgan fingerprint density at radius 2 is 1.52 bits per heavy atom. The van der Waals surface area contributed by atoms with Crippen LogP contribution in [0.25, 0.3) is 0 Å². The Bertz CT molecular complexity index is 428. The van der Waals surface area contributed by atoms with E-state index in [2.05, 4.69) is 19.2 Å². The van der Waals surface area contributed by atoms with Crippen molar-refractivity contribution >= 4 is 0 Å². The first-order valence-corrected chi connectivity index (χ1v) is 7.98. The zero-order valence-corrected chi connectivity index (χ0v) is 14.0. The summed E-state index contributed by atoms with van der Waals surface area (Å²) in [5, 5.41) is 3.52. The average Bonchev–Trinajstić information content (AvgIpc) is 2.47. The Labute approximate surface area is 129 Å². The van der Waals surface area contributed by atoms with Gasteiger partial charge in [0, 0.05) is 6.04 Å². The van der Waals surface area contributed by atoms with E-state index in [0.29, 0.717) is 5.92 Å². The van der Waals surface area contributed by atoms with Crippen LogP contribution in [0, 0.1) is 17.8 Å². The molecule has 3 nitrogen and oxygen atoms in total. The summed E-state index contributed by atoms with van der Waals surface area (Å²) in [5.41, 5.74) is 1.16. The van der Waals surface area contributed by atoms with Gasteiger partial charge in [-0.05, 0) is 56.2 Å². The molecule has 0 aliphatic heterocycles. The monoisotopic (exact) mass is 291 g/mol. The number of hydrogen-bond donors (Lipinski definition) is 1. The highest BCUT2D eigenvalue weighted by atomic mass is 16.5. The van der Waals surface area contributed by atoms with Crippen molar-refractivity contribution in [1.82, 2.24) is 5.32 Å². The van der Waals surface area contributed by atoms with Crippen LogP contribution in [-0.2, 0) is 0 Å². The van der Waals surface area contributed by atoms with Gasteiger partial charge in [-0.2, -0.15) is 0 Å². The Kier molecular flexibility index (Phi) is 5.51. The Morgan fingerprint density at radius 3 is 1.95 bits per heavy atom. The summed E-state index contributed by atoms with van der Waals surface area (Å²) < 4.78 is 11.2. The van der Waals surface area contributed by atoms with E-state index >= 15 is 0 Å². The summed E-state index contributed by atoms with van der Waals surface area (Å²) in [6.07, 6.45) is 3.87. The minimum Gasteiger partial charge on any atom is -0.496 e. The SMILES string of the molecule is CNC(c1c(OC)cccc1OC)C1CC(C)CC(C)C1. The lowest BCUT2D eigenvalue weighted by Gasteiger charge is -2.37. The summed E-state index contributed by atoms with van der Waals surface area (Å²) in [7, 11) is 5.51. The maximum Gasteiger partial charge on any atom is 0.127 e. The van der Waals surface area contributed by atoms with Crippen LogP contribution in [0.1, 0.15) is 44.7 Å². The van der Waals surface area contributed by atoms with Crippen molar-refractivity contribution < 1.29 is 9.47 Å². The first-order valence-electron chi connectivity index (χ1n) is 7.98. The summed E-state index contributed by atoms with van der Waals surface area (Å²) in [4.78, 5) is 0. The molecule has 118 valence electrons. The molecule has 21 heavy (non-hydrogen) atoms. The summed E-state index contributed by atoms with van der Waals surface area (Å²) in [6, 6.07) is 6.32. The van der Waals surface area contributed by atoms with Gasteiger partial charge in [0.05, 0.1) is 19.8 Å². The van der Waals surface area contributed by atoms with Gasteiger partial charge in [0.2, 0.25) is 0 Å². The van der Waals surface area contributed by atoms with Crippen molar-refractivity contribution in [2.24, 2.45) is 17.8 Å². The molecule has 1 N–H and O–H groups in total. The zero-order chi connectivity index (χ0) is 15.4. The van der Waals surface area contributed by atoms with Crippen LogP contribution in [0.3, 0.4) is 0 Å². The number of benzene rings is 1. The highest BCUT2D eigenvalue weighted by Gasteiger charge is 2.33. The van der Waals surface area contributed by atoms with Crippen LogP contribution in [0.4, 0.5) is 0 Å². The smallest absolute Gasteiger partial charge is 0.127 e. The van der Waals surface area contributed by atoms with E-state index in [9.17, 15) is 0 Å². The average molecular weight is 291 g/mol. The Hall–Kier alpha value is -1.22. The molecule has 0 bridgehead atoms. The second-order valence-corrected chi connectivity index (χ2v) is 6.52. The van der Waals surface area contributed by atoms with Crippen molar-refractivity contribution in [2.75, 3.05) is 21.3 Å². The lowest BCUT2D eigenvalue weighted by atomic mass is 9.72. The molecule has 3 heteroatoms. The van der Waals surface area contributed by atoms with E-state index in [1.54, 1.807) is 14.2 Å². The molecule has 0 saturated heterocycles. The topological polar surface area (TPSA) is 30.5 Å². The van der Waals surface area contributed by atoms with E-state index in [1.807, 2.05) is 25.2 Å². The molecular weight excluding hydrogens is 262 g/mol. The number of hydrogen-bond acceptors (Lipinski definition) is 3. The van der Waals surface area contributed by atoms with Gasteiger partial charge in [-0.1, -0.05) is 19.9 Å². The van der Waals surface area contributed by atoms with E-state index in [4.69, 9.17) is 9.47 Å². The fourth-order valence-corrected chi connectivity index (χ4v) is 4.08. The van der Waals surface area contributed by atoms with Crippen molar-refractivity contribution in [3.63, 3.8) is 0 Å². The van der Waals surface area contributed by atoms with Gasteiger partial charge in [0.25, 0.3) is 0 Å². The van der Waals surface area contributed by atoms with Crippen LogP contribution >= 0.6 is 0 Å². The maximum absolute atomic E-state index is 5.60. The molecule has 0 heterocycles. The van der Waals surface area contributed by atoms with Crippen molar-refractivity contribution in [1.29, 1.82) is 0 Å². The molecule has 1 saturated carbocycles. The summed E-state index contributed by atoms with van der Waals surface area (Å²) in [6.45, 7) is 4.74. The predicted octanol–water partition coefficient (Wildman–Crippen LogP) is 4.04. The fraction of sp³-hybridized carbons (Fsp3) is 0.667. The van der Waals surface area contributed by atoms with Crippen LogP contribution < -0.4 is 14.8 Å². The van der Waals surface area contributed by atoms with Crippen LogP contribution in [0.2, 0.25) is 0 Å². The van der Waals surface area contributed by atoms with Gasteiger partial charge in [0.1, 0.15) is 11.5 Å². The first-order chi connectivity index (χ1) is 10.1. The lowest BCUT2D eigenvalue weighted by Crippen LogP contribution is -2.32. The van der Waals surface area contributed by atoms with Gasteiger partial charge in [-0.15, -0.1) is 0 Å². The molecule has 1 aromatic rings. The summed E-state index contributed by atoms with van der Waals surface area (Å²) >= 11 is 0. The van der Waals surface area contributed by atoms with Crippen LogP contribution in [-0.4, -0.2) is 21.3 Å². The van der Waals surface area contributed by atoms with Crippen LogP contribution in [0.5, 0.6) is 11.5 Å². The number of rotatable bonds is 5. The number of methoxy groups -OCH3 is 2. The van der Waals surface area contributed by atoms with Gasteiger partial charge in [0.15, 0.2) is 0 Å². The van der Waals surface area contributed by atoms with Crippen molar-refractivity contribution in [3.05, 3.63) is 23.8 Å². The molecule has 0 amide bonds. The Morgan fingerprint density at radius 1 is 1.00 bits per heavy atom. The van der Waals surface area contributed by atoms with Gasteiger partial charge < -0.3 is 14.8 Å². The summed E-state index contributed by atoms with van der Waals surface area (Å²) in [5.74, 6) is 4.03. The number of ether oxygens (including phenoxy) is 2. The third kappa shape index (κ3) is 3.52.